The summed E-state index contributed by atoms with van der Waals surface area (Å²) in [6.45, 7) is 6.83. The first-order valence-electron chi connectivity index (χ1n) is 16.2. The third-order valence-corrected chi connectivity index (χ3v) is 8.84. The highest BCUT2D eigenvalue weighted by Gasteiger charge is 2.35. The molecule has 6 atom stereocenters. The number of phosphoric ester groups is 1. The van der Waals surface area contributed by atoms with Gasteiger partial charge >= 0.3 is 13.9 Å². The van der Waals surface area contributed by atoms with Crippen molar-refractivity contribution in [2.75, 3.05) is 0 Å². The lowest BCUT2D eigenvalue weighted by atomic mass is 9.88. The SMILES string of the molecule is CC(Cc1ccc(C[C@H](C[C@H](O)[C@H](Cc2ccccc2)NC(=O)OC(C)(C)C)C(=O)N[C@H]2c3ccccc3C[C@H]2O)cc1)OP(=O)(O)O. The third-order valence-electron chi connectivity index (χ3n) is 8.21. The second kappa shape index (κ2) is 16.2. The molecule has 3 aromatic rings. The molecule has 0 heterocycles. The molecule has 0 radical (unpaired) electrons. The van der Waals surface area contributed by atoms with Gasteiger partial charge in [0.1, 0.15) is 5.60 Å². The molecule has 2 amide bonds. The largest absolute Gasteiger partial charge is 0.469 e. The van der Waals surface area contributed by atoms with E-state index in [0.29, 0.717) is 12.8 Å². The van der Waals surface area contributed by atoms with E-state index in [0.717, 1.165) is 27.8 Å². The lowest BCUT2D eigenvalue weighted by Gasteiger charge is -2.30. The number of aliphatic hydroxyl groups excluding tert-OH is 2. The number of hydrogen-bond acceptors (Lipinski definition) is 7. The predicted molar refractivity (Wildman–Crippen MR) is 181 cm³/mol. The van der Waals surface area contributed by atoms with E-state index in [2.05, 4.69) is 10.6 Å². The van der Waals surface area contributed by atoms with Crippen LogP contribution in [0.25, 0.3) is 0 Å². The number of hydrogen-bond donors (Lipinski definition) is 6. The highest BCUT2D eigenvalue weighted by Crippen LogP contribution is 2.38. The van der Waals surface area contributed by atoms with Gasteiger partial charge in [-0.15, -0.1) is 0 Å². The molecular formula is C36H47N2O9P. The number of carbonyl (C=O) groups is 2. The van der Waals surface area contributed by atoms with Crippen molar-refractivity contribution < 1.29 is 43.4 Å². The molecule has 0 bridgehead atoms. The number of benzene rings is 3. The molecule has 12 heteroatoms. The fourth-order valence-corrected chi connectivity index (χ4v) is 6.61. The first kappa shape index (κ1) is 37.3. The summed E-state index contributed by atoms with van der Waals surface area (Å²) >= 11 is 0. The molecule has 260 valence electrons. The molecule has 11 nitrogen and oxygen atoms in total. The van der Waals surface area contributed by atoms with Crippen LogP contribution in [-0.4, -0.2) is 62.0 Å². The number of nitrogens with one attached hydrogen (secondary N) is 2. The van der Waals surface area contributed by atoms with E-state index in [1.807, 2.05) is 66.7 Å². The Morgan fingerprint density at radius 1 is 0.896 bits per heavy atom. The van der Waals surface area contributed by atoms with Crippen LogP contribution in [0, 0.1) is 5.92 Å². The normalized spacial score (nSPS) is 18.7. The maximum Gasteiger partial charge on any atom is 0.469 e. The van der Waals surface area contributed by atoms with Crippen LogP contribution in [0.15, 0.2) is 78.9 Å². The minimum atomic E-state index is -4.62. The summed E-state index contributed by atoms with van der Waals surface area (Å²) in [7, 11) is -4.62. The van der Waals surface area contributed by atoms with E-state index < -0.39 is 55.8 Å². The Morgan fingerprint density at radius 3 is 2.10 bits per heavy atom. The number of phosphoric acid groups is 1. The highest BCUT2D eigenvalue weighted by molar-refractivity contribution is 7.46. The van der Waals surface area contributed by atoms with E-state index in [4.69, 9.17) is 19.0 Å². The van der Waals surface area contributed by atoms with Gasteiger partial charge in [0.25, 0.3) is 0 Å². The molecule has 0 fully saturated rings. The summed E-state index contributed by atoms with van der Waals surface area (Å²) in [5.41, 5.74) is 3.53. The number of aliphatic hydroxyl groups is 2. The second-order valence-corrected chi connectivity index (χ2v) is 14.7. The van der Waals surface area contributed by atoms with Crippen molar-refractivity contribution in [3.63, 3.8) is 0 Å². The summed E-state index contributed by atoms with van der Waals surface area (Å²) in [5.74, 6) is -1.10. The van der Waals surface area contributed by atoms with Crippen LogP contribution in [0.4, 0.5) is 4.79 Å². The van der Waals surface area contributed by atoms with Crippen molar-refractivity contribution in [1.29, 1.82) is 0 Å². The van der Waals surface area contributed by atoms with Crippen LogP contribution in [0.5, 0.6) is 0 Å². The van der Waals surface area contributed by atoms with Crippen LogP contribution in [0.2, 0.25) is 0 Å². The van der Waals surface area contributed by atoms with Gasteiger partial charge in [-0.05, 0) is 81.2 Å². The van der Waals surface area contributed by atoms with Gasteiger partial charge in [0.2, 0.25) is 5.91 Å². The van der Waals surface area contributed by atoms with Gasteiger partial charge in [-0.1, -0.05) is 78.9 Å². The Bertz CT molecular complexity index is 1560. The minimum absolute atomic E-state index is 0.00148. The van der Waals surface area contributed by atoms with Crippen molar-refractivity contribution in [3.05, 3.63) is 107 Å². The lowest BCUT2D eigenvalue weighted by Crippen LogP contribution is -2.48. The Balaban J connectivity index is 1.56. The number of amides is 2. The van der Waals surface area contributed by atoms with Crippen molar-refractivity contribution in [3.8, 4) is 0 Å². The second-order valence-electron chi connectivity index (χ2n) is 13.5. The molecule has 0 aliphatic heterocycles. The molecular weight excluding hydrogens is 635 g/mol. The summed E-state index contributed by atoms with van der Waals surface area (Å²) in [4.78, 5) is 45.1. The van der Waals surface area contributed by atoms with Crippen molar-refractivity contribution >= 4 is 19.8 Å². The van der Waals surface area contributed by atoms with E-state index >= 15 is 0 Å². The Hall–Kier alpha value is -3.57. The molecule has 3 aromatic carbocycles. The van der Waals surface area contributed by atoms with Crippen LogP contribution in [0.3, 0.4) is 0 Å². The van der Waals surface area contributed by atoms with Gasteiger partial charge < -0.3 is 35.4 Å². The molecule has 1 unspecified atom stereocenters. The summed E-state index contributed by atoms with van der Waals surface area (Å²) in [6.07, 6.45) is -2.11. The average molecular weight is 683 g/mol. The Kier molecular flexibility index (Phi) is 12.6. The zero-order valence-electron chi connectivity index (χ0n) is 27.8. The molecule has 6 N–H and O–H groups in total. The Labute approximate surface area is 281 Å². The maximum absolute atomic E-state index is 14.0. The number of fused-ring (bicyclic) bond motifs is 1. The number of ether oxygens (including phenoxy) is 1. The first-order chi connectivity index (χ1) is 22.6. The van der Waals surface area contributed by atoms with Crippen LogP contribution in [0.1, 0.15) is 68.0 Å². The average Bonchev–Trinajstić information content (AvgIpc) is 3.30. The van der Waals surface area contributed by atoms with Crippen molar-refractivity contribution in [2.24, 2.45) is 5.92 Å². The van der Waals surface area contributed by atoms with Crippen LogP contribution >= 0.6 is 7.82 Å². The van der Waals surface area contributed by atoms with Gasteiger partial charge in [-0.2, -0.15) is 0 Å². The van der Waals surface area contributed by atoms with Gasteiger partial charge in [0, 0.05) is 12.3 Å². The molecule has 0 saturated carbocycles. The summed E-state index contributed by atoms with van der Waals surface area (Å²) < 4.78 is 21.4. The zero-order valence-corrected chi connectivity index (χ0v) is 28.7. The Morgan fingerprint density at radius 2 is 1.48 bits per heavy atom. The smallest absolute Gasteiger partial charge is 0.444 e. The highest BCUT2D eigenvalue weighted by atomic mass is 31.2. The molecule has 48 heavy (non-hydrogen) atoms. The minimum Gasteiger partial charge on any atom is -0.444 e. The number of carbonyl (C=O) groups excluding carboxylic acids is 2. The molecule has 4 rings (SSSR count). The van der Waals surface area contributed by atoms with Crippen LogP contribution < -0.4 is 10.6 Å². The van der Waals surface area contributed by atoms with Gasteiger partial charge in [-0.3, -0.25) is 9.32 Å². The van der Waals surface area contributed by atoms with Gasteiger partial charge in [0.05, 0.1) is 30.4 Å². The van der Waals surface area contributed by atoms with E-state index in [-0.39, 0.29) is 25.2 Å². The summed E-state index contributed by atoms with van der Waals surface area (Å²) in [6, 6.07) is 22.9. The molecule has 0 spiro atoms. The molecule has 0 saturated heterocycles. The molecule has 1 aliphatic carbocycles. The first-order valence-corrected chi connectivity index (χ1v) is 17.7. The van der Waals surface area contributed by atoms with E-state index in [1.165, 1.54) is 0 Å². The predicted octanol–water partition coefficient (Wildman–Crippen LogP) is 4.55. The zero-order chi connectivity index (χ0) is 35.1. The molecule has 1 aliphatic rings. The van der Waals surface area contributed by atoms with Crippen LogP contribution in [-0.2, 0) is 44.3 Å². The fraction of sp³-hybridized carbons (Fsp3) is 0.444. The third kappa shape index (κ3) is 11.5. The van der Waals surface area contributed by atoms with Crippen molar-refractivity contribution in [1.82, 2.24) is 10.6 Å². The number of alkyl carbamates (subject to hydrolysis) is 1. The molecule has 0 aromatic heterocycles. The quantitative estimate of drug-likeness (QED) is 0.133. The van der Waals surface area contributed by atoms with Gasteiger partial charge in [0.15, 0.2) is 0 Å². The summed E-state index contributed by atoms with van der Waals surface area (Å²) in [5, 5.41) is 28.3. The van der Waals surface area contributed by atoms with Gasteiger partial charge in [-0.25, -0.2) is 9.36 Å². The number of rotatable bonds is 14. The topological polar surface area (TPSA) is 175 Å². The maximum atomic E-state index is 14.0. The monoisotopic (exact) mass is 682 g/mol. The fourth-order valence-electron chi connectivity index (χ4n) is 6.07. The standard InChI is InChI=1S/C36H47N2O9P/c1-23(47-48(43,44)45)18-25-14-16-26(17-15-25)19-28(34(41)38-33-29-13-9-8-12-27(29)21-32(33)40)22-31(39)30(20-24-10-6-5-7-11-24)37-35(42)46-36(2,3)4/h5-17,23,28,30-33,39-40H,18-22H2,1-4H3,(H,37,42)(H,38,41)(H2,43,44,45)/t23?,28-,30+,31+,32-,33+/m1/s1. The van der Waals surface area contributed by atoms with E-state index in [1.54, 1.807) is 39.8 Å². The lowest BCUT2D eigenvalue weighted by molar-refractivity contribution is -0.127. The van der Waals surface area contributed by atoms with Crippen molar-refractivity contribution in [2.45, 2.75) is 95.8 Å². The van der Waals surface area contributed by atoms with E-state index in [9.17, 15) is 24.4 Å².